The van der Waals surface area contributed by atoms with Crippen molar-refractivity contribution < 1.29 is 4.79 Å². The van der Waals surface area contributed by atoms with Crippen LogP contribution in [0.4, 0.5) is 0 Å². The van der Waals surface area contributed by atoms with E-state index in [0.717, 1.165) is 5.56 Å². The summed E-state index contributed by atoms with van der Waals surface area (Å²) < 4.78 is 0. The van der Waals surface area contributed by atoms with Crippen LogP contribution in [0.2, 0.25) is 15.1 Å². The highest BCUT2D eigenvalue weighted by Crippen LogP contribution is 2.22. The molecule has 0 aromatic heterocycles. The first-order valence-electron chi connectivity index (χ1n) is 5.29. The Hall–Kier alpha value is -1.02. The van der Waals surface area contributed by atoms with Crippen LogP contribution >= 0.6 is 34.8 Å². The molecule has 0 fully saturated rings. The molecule has 0 aliphatic rings. The number of carbonyl (C=O) groups excluding carboxylic acids is 1. The lowest BCUT2D eigenvalue weighted by atomic mass is 10.0. The summed E-state index contributed by atoms with van der Waals surface area (Å²) in [4.78, 5) is 12.1. The van der Waals surface area contributed by atoms with Gasteiger partial charge in [-0.15, -0.1) is 0 Å². The predicted molar refractivity (Wildman–Crippen MR) is 75.9 cm³/mol. The van der Waals surface area contributed by atoms with Gasteiger partial charge in [-0.05, 0) is 35.9 Å². The molecule has 2 rings (SSSR count). The minimum Gasteiger partial charge on any atom is -0.294 e. The Labute approximate surface area is 120 Å². The molecule has 0 bridgehead atoms. The van der Waals surface area contributed by atoms with E-state index < -0.39 is 0 Å². The van der Waals surface area contributed by atoms with E-state index in [4.69, 9.17) is 34.8 Å². The van der Waals surface area contributed by atoms with Crippen LogP contribution in [0.25, 0.3) is 0 Å². The Balaban J connectivity index is 2.22. The Morgan fingerprint density at radius 3 is 2.33 bits per heavy atom. The molecule has 0 unspecified atom stereocenters. The molecule has 0 N–H and O–H groups in total. The maximum absolute atomic E-state index is 12.1. The van der Waals surface area contributed by atoms with E-state index in [0.29, 0.717) is 20.6 Å². The summed E-state index contributed by atoms with van der Waals surface area (Å²) in [6.07, 6.45) is 0.266. The molecule has 2 aromatic rings. The molecule has 0 spiro atoms. The molecule has 18 heavy (non-hydrogen) atoms. The molecule has 1 nitrogen and oxygen atoms in total. The second-order valence-corrected chi connectivity index (χ2v) is 5.13. The van der Waals surface area contributed by atoms with Crippen LogP contribution < -0.4 is 0 Å². The third-order valence-electron chi connectivity index (χ3n) is 2.49. The summed E-state index contributed by atoms with van der Waals surface area (Å²) in [7, 11) is 0. The van der Waals surface area contributed by atoms with Crippen LogP contribution in [-0.2, 0) is 6.42 Å². The number of carbonyl (C=O) groups is 1. The number of halogens is 3. The number of ketones is 1. The van der Waals surface area contributed by atoms with Gasteiger partial charge in [0.1, 0.15) is 0 Å². The number of benzene rings is 2. The maximum Gasteiger partial charge on any atom is 0.168 e. The molecule has 4 heteroatoms. The lowest BCUT2D eigenvalue weighted by Gasteiger charge is -2.04. The Bertz CT molecular complexity index is 593. The normalized spacial score (nSPS) is 10.4. The van der Waals surface area contributed by atoms with Crippen molar-refractivity contribution in [2.24, 2.45) is 0 Å². The molecule has 0 saturated carbocycles. The summed E-state index contributed by atoms with van der Waals surface area (Å²) in [6, 6.07) is 12.1. The minimum absolute atomic E-state index is 0.0565. The first-order valence-corrected chi connectivity index (χ1v) is 6.42. The van der Waals surface area contributed by atoms with Crippen molar-refractivity contribution in [3.8, 4) is 0 Å². The standard InChI is InChI=1S/C14H9Cl3O/c15-10-3-1-2-9(6-10)7-14(18)12-5-4-11(16)8-13(12)17/h1-6,8H,7H2. The molecular weight excluding hydrogens is 291 g/mol. The topological polar surface area (TPSA) is 17.1 Å². The van der Waals surface area contributed by atoms with Crippen LogP contribution in [0.1, 0.15) is 15.9 Å². The van der Waals surface area contributed by atoms with Crippen LogP contribution in [-0.4, -0.2) is 5.78 Å². The Morgan fingerprint density at radius 1 is 0.944 bits per heavy atom. The van der Waals surface area contributed by atoms with Gasteiger partial charge in [0.25, 0.3) is 0 Å². The van der Waals surface area contributed by atoms with Crippen LogP contribution in [0.5, 0.6) is 0 Å². The fourth-order valence-electron chi connectivity index (χ4n) is 1.64. The smallest absolute Gasteiger partial charge is 0.168 e. The zero-order chi connectivity index (χ0) is 13.1. The second-order valence-electron chi connectivity index (χ2n) is 3.85. The molecule has 0 aliphatic heterocycles. The monoisotopic (exact) mass is 298 g/mol. The van der Waals surface area contributed by atoms with E-state index in [2.05, 4.69) is 0 Å². The van der Waals surface area contributed by atoms with Crippen molar-refractivity contribution in [1.82, 2.24) is 0 Å². The number of rotatable bonds is 3. The molecule has 0 heterocycles. The van der Waals surface area contributed by atoms with Crippen molar-refractivity contribution in [1.29, 1.82) is 0 Å². The lowest BCUT2D eigenvalue weighted by Crippen LogP contribution is -2.04. The minimum atomic E-state index is -0.0565. The molecule has 0 amide bonds. The van der Waals surface area contributed by atoms with E-state index >= 15 is 0 Å². The molecule has 0 radical (unpaired) electrons. The largest absolute Gasteiger partial charge is 0.294 e. The van der Waals surface area contributed by atoms with Gasteiger partial charge >= 0.3 is 0 Å². The van der Waals surface area contributed by atoms with Crippen molar-refractivity contribution in [2.75, 3.05) is 0 Å². The summed E-state index contributed by atoms with van der Waals surface area (Å²) in [6.45, 7) is 0. The summed E-state index contributed by atoms with van der Waals surface area (Å²) in [5.41, 5.74) is 1.33. The number of hydrogen-bond acceptors (Lipinski definition) is 1. The second kappa shape index (κ2) is 5.75. The zero-order valence-electron chi connectivity index (χ0n) is 9.29. The van der Waals surface area contributed by atoms with Crippen molar-refractivity contribution >= 4 is 40.6 Å². The molecular formula is C14H9Cl3O. The van der Waals surface area contributed by atoms with E-state index in [1.54, 1.807) is 30.3 Å². The fraction of sp³-hybridized carbons (Fsp3) is 0.0714. The average molecular weight is 300 g/mol. The number of hydrogen-bond donors (Lipinski definition) is 0. The Kier molecular flexibility index (Phi) is 4.28. The maximum atomic E-state index is 12.1. The zero-order valence-corrected chi connectivity index (χ0v) is 11.6. The van der Waals surface area contributed by atoms with Crippen molar-refractivity contribution in [3.05, 3.63) is 68.7 Å². The van der Waals surface area contributed by atoms with Gasteiger partial charge in [-0.3, -0.25) is 4.79 Å². The average Bonchev–Trinajstić information content (AvgIpc) is 2.28. The van der Waals surface area contributed by atoms with Crippen molar-refractivity contribution in [2.45, 2.75) is 6.42 Å². The highest BCUT2D eigenvalue weighted by molar-refractivity contribution is 6.36. The highest BCUT2D eigenvalue weighted by atomic mass is 35.5. The van der Waals surface area contributed by atoms with Crippen LogP contribution in [0.3, 0.4) is 0 Å². The first-order chi connectivity index (χ1) is 8.56. The predicted octanol–water partition coefficient (Wildman–Crippen LogP) is 5.07. The van der Waals surface area contributed by atoms with Crippen LogP contribution in [0, 0.1) is 0 Å². The van der Waals surface area contributed by atoms with Gasteiger partial charge in [-0.2, -0.15) is 0 Å². The molecule has 0 aliphatic carbocycles. The van der Waals surface area contributed by atoms with Crippen LogP contribution in [0.15, 0.2) is 42.5 Å². The quantitative estimate of drug-likeness (QED) is 0.723. The SMILES string of the molecule is O=C(Cc1cccc(Cl)c1)c1ccc(Cl)cc1Cl. The van der Waals surface area contributed by atoms with Gasteiger partial charge in [0.2, 0.25) is 0 Å². The van der Waals surface area contributed by atoms with Crippen molar-refractivity contribution in [3.63, 3.8) is 0 Å². The fourth-order valence-corrected chi connectivity index (χ4v) is 2.37. The van der Waals surface area contributed by atoms with E-state index in [9.17, 15) is 4.79 Å². The molecule has 2 aromatic carbocycles. The third kappa shape index (κ3) is 3.26. The molecule has 92 valence electrons. The summed E-state index contributed by atoms with van der Waals surface area (Å²) in [5.74, 6) is -0.0565. The summed E-state index contributed by atoms with van der Waals surface area (Å²) in [5, 5.41) is 1.50. The van der Waals surface area contributed by atoms with E-state index in [-0.39, 0.29) is 12.2 Å². The first kappa shape index (κ1) is 13.4. The van der Waals surface area contributed by atoms with E-state index in [1.807, 2.05) is 12.1 Å². The van der Waals surface area contributed by atoms with Gasteiger partial charge in [0.15, 0.2) is 5.78 Å². The van der Waals surface area contributed by atoms with Gasteiger partial charge in [0.05, 0.1) is 5.02 Å². The van der Waals surface area contributed by atoms with Gasteiger partial charge in [0, 0.05) is 22.0 Å². The van der Waals surface area contributed by atoms with Gasteiger partial charge in [-0.25, -0.2) is 0 Å². The van der Waals surface area contributed by atoms with E-state index in [1.165, 1.54) is 0 Å². The summed E-state index contributed by atoms with van der Waals surface area (Å²) >= 11 is 17.7. The third-order valence-corrected chi connectivity index (χ3v) is 3.27. The Morgan fingerprint density at radius 2 is 1.67 bits per heavy atom. The lowest BCUT2D eigenvalue weighted by molar-refractivity contribution is 0.0993. The molecule has 0 saturated heterocycles. The highest BCUT2D eigenvalue weighted by Gasteiger charge is 2.11. The van der Waals surface area contributed by atoms with Gasteiger partial charge < -0.3 is 0 Å². The molecule has 0 atom stereocenters. The number of Topliss-reactive ketones (excluding diaryl/α,β-unsaturated/α-hetero) is 1. The van der Waals surface area contributed by atoms with Gasteiger partial charge in [-0.1, -0.05) is 46.9 Å².